The van der Waals surface area contributed by atoms with Crippen molar-refractivity contribution in [3.63, 3.8) is 0 Å². The van der Waals surface area contributed by atoms with Crippen LogP contribution in [0.4, 0.5) is 10.8 Å². The molecule has 3 aromatic rings. The van der Waals surface area contributed by atoms with Gasteiger partial charge in [-0.3, -0.25) is 19.7 Å². The van der Waals surface area contributed by atoms with Gasteiger partial charge in [-0.15, -0.1) is 22.7 Å². The number of carbonyl (C=O) groups excluding carboxylic acids is 3. The number of nitrogens with one attached hydrogen (secondary N) is 2. The van der Waals surface area contributed by atoms with E-state index in [0.717, 1.165) is 0 Å². The quantitative estimate of drug-likeness (QED) is 0.594. The topological polar surface area (TPSA) is 101 Å². The lowest BCUT2D eigenvalue weighted by atomic mass is 10.1. The molecule has 0 atom stereocenters. The molecule has 8 nitrogen and oxygen atoms in total. The van der Waals surface area contributed by atoms with Crippen LogP contribution in [0.2, 0.25) is 0 Å². The summed E-state index contributed by atoms with van der Waals surface area (Å²) in [6, 6.07) is 10.4. The first-order valence-electron chi connectivity index (χ1n) is 9.65. The molecule has 1 aromatic carbocycles. The molecule has 1 aliphatic heterocycles. The lowest BCUT2D eigenvalue weighted by Gasteiger charge is -2.27. The molecule has 160 valence electrons. The average Bonchev–Trinajstić information content (AvgIpc) is 3.46. The van der Waals surface area contributed by atoms with E-state index in [2.05, 4.69) is 15.6 Å². The van der Waals surface area contributed by atoms with Gasteiger partial charge < -0.3 is 15.0 Å². The number of anilines is 2. The number of hydrogen-bond donors (Lipinski definition) is 2. The second-order valence-corrected chi connectivity index (χ2v) is 8.59. The lowest BCUT2D eigenvalue weighted by molar-refractivity contribution is -0.115. The summed E-state index contributed by atoms with van der Waals surface area (Å²) < 4.78 is 5.28. The fraction of sp³-hybridized carbons (Fsp3) is 0.238. The van der Waals surface area contributed by atoms with Crippen molar-refractivity contribution in [3.8, 4) is 0 Å². The summed E-state index contributed by atoms with van der Waals surface area (Å²) in [6.07, 6.45) is 0.0625. The molecule has 0 bridgehead atoms. The van der Waals surface area contributed by atoms with E-state index in [0.29, 0.717) is 53.3 Å². The zero-order valence-electron chi connectivity index (χ0n) is 16.5. The molecule has 2 aromatic heterocycles. The molecule has 2 N–H and O–H groups in total. The summed E-state index contributed by atoms with van der Waals surface area (Å²) in [5.74, 6) is -0.551. The zero-order valence-corrected chi connectivity index (χ0v) is 18.1. The summed E-state index contributed by atoms with van der Waals surface area (Å²) in [5, 5.41) is 9.55. The smallest absolute Gasteiger partial charge is 0.267 e. The number of amides is 3. The highest BCUT2D eigenvalue weighted by molar-refractivity contribution is 7.14. The number of rotatable bonds is 6. The molecule has 1 fully saturated rings. The Morgan fingerprint density at radius 3 is 2.68 bits per heavy atom. The van der Waals surface area contributed by atoms with E-state index in [-0.39, 0.29) is 24.1 Å². The van der Waals surface area contributed by atoms with Gasteiger partial charge >= 0.3 is 0 Å². The summed E-state index contributed by atoms with van der Waals surface area (Å²) in [5.41, 5.74) is 1.63. The first-order valence-corrected chi connectivity index (χ1v) is 11.4. The monoisotopic (exact) mass is 456 g/mol. The minimum Gasteiger partial charge on any atom is -0.378 e. The van der Waals surface area contributed by atoms with Crippen molar-refractivity contribution in [2.45, 2.75) is 6.42 Å². The van der Waals surface area contributed by atoms with E-state index in [1.165, 1.54) is 22.7 Å². The molecule has 0 spiro atoms. The van der Waals surface area contributed by atoms with Crippen molar-refractivity contribution in [2.75, 3.05) is 36.9 Å². The molecule has 3 heterocycles. The Morgan fingerprint density at radius 1 is 1.06 bits per heavy atom. The molecule has 0 radical (unpaired) electrons. The molecule has 0 aliphatic carbocycles. The van der Waals surface area contributed by atoms with Gasteiger partial charge in [-0.05, 0) is 29.6 Å². The molecule has 0 unspecified atom stereocenters. The number of nitrogens with zero attached hydrogens (tertiary/aromatic N) is 2. The van der Waals surface area contributed by atoms with Crippen LogP contribution in [0.15, 0.2) is 47.2 Å². The van der Waals surface area contributed by atoms with Gasteiger partial charge in [0.25, 0.3) is 11.8 Å². The van der Waals surface area contributed by atoms with Gasteiger partial charge in [0.2, 0.25) is 5.91 Å². The molecule has 1 saturated heterocycles. The Balaban J connectivity index is 1.33. The van der Waals surface area contributed by atoms with Gasteiger partial charge in [0.15, 0.2) is 5.13 Å². The predicted molar refractivity (Wildman–Crippen MR) is 120 cm³/mol. The normalized spacial score (nSPS) is 13.6. The van der Waals surface area contributed by atoms with Crippen LogP contribution in [0.25, 0.3) is 0 Å². The van der Waals surface area contributed by atoms with Gasteiger partial charge in [0.1, 0.15) is 0 Å². The third-order valence-electron chi connectivity index (χ3n) is 4.55. The molecular weight excluding hydrogens is 436 g/mol. The highest BCUT2D eigenvalue weighted by Gasteiger charge is 2.19. The van der Waals surface area contributed by atoms with Crippen molar-refractivity contribution < 1.29 is 19.1 Å². The van der Waals surface area contributed by atoms with E-state index in [1.807, 2.05) is 5.38 Å². The minimum atomic E-state index is -0.252. The van der Waals surface area contributed by atoms with Gasteiger partial charge in [0.05, 0.1) is 30.2 Å². The average molecular weight is 457 g/mol. The molecule has 4 rings (SSSR count). The second-order valence-electron chi connectivity index (χ2n) is 6.79. The SMILES string of the molecule is O=C(Cc1csc(NC(=O)c2cccs2)n1)Nc1cccc(C(=O)N2CCOCC2)c1. The van der Waals surface area contributed by atoms with Crippen LogP contribution in [0.3, 0.4) is 0 Å². The maximum Gasteiger partial charge on any atom is 0.267 e. The third-order valence-corrected chi connectivity index (χ3v) is 6.23. The summed E-state index contributed by atoms with van der Waals surface area (Å²) in [6.45, 7) is 2.19. The van der Waals surface area contributed by atoms with Crippen molar-refractivity contribution in [2.24, 2.45) is 0 Å². The molecule has 1 aliphatic rings. The Labute approximate surface area is 186 Å². The van der Waals surface area contributed by atoms with Gasteiger partial charge in [0, 0.05) is 29.7 Å². The summed E-state index contributed by atoms with van der Waals surface area (Å²) in [7, 11) is 0. The number of morpholine rings is 1. The van der Waals surface area contributed by atoms with Gasteiger partial charge in [-0.1, -0.05) is 12.1 Å². The standard InChI is InChI=1S/C21H20N4O4S2/c26-18(12-16-13-31-21(23-16)24-19(27)17-5-2-10-30-17)22-15-4-1-3-14(11-15)20(28)25-6-8-29-9-7-25/h1-5,10-11,13H,6-9,12H2,(H,22,26)(H,23,24,27). The second kappa shape index (κ2) is 9.82. The Bertz CT molecular complexity index is 1070. The fourth-order valence-corrected chi connectivity index (χ4v) is 4.38. The zero-order chi connectivity index (χ0) is 21.6. The van der Waals surface area contributed by atoms with Crippen molar-refractivity contribution in [1.82, 2.24) is 9.88 Å². The minimum absolute atomic E-state index is 0.0625. The lowest BCUT2D eigenvalue weighted by Crippen LogP contribution is -2.40. The van der Waals surface area contributed by atoms with Crippen LogP contribution in [-0.2, 0) is 16.0 Å². The van der Waals surface area contributed by atoms with Crippen LogP contribution in [0.1, 0.15) is 25.7 Å². The van der Waals surface area contributed by atoms with Crippen LogP contribution in [-0.4, -0.2) is 53.9 Å². The maximum absolute atomic E-state index is 12.6. The van der Waals surface area contributed by atoms with E-state index < -0.39 is 0 Å². The molecule has 31 heavy (non-hydrogen) atoms. The first-order chi connectivity index (χ1) is 15.1. The predicted octanol–water partition coefficient (Wildman–Crippen LogP) is 3.11. The summed E-state index contributed by atoms with van der Waals surface area (Å²) >= 11 is 2.62. The Hall–Kier alpha value is -3.08. The number of hydrogen-bond acceptors (Lipinski definition) is 7. The maximum atomic E-state index is 12.6. The van der Waals surface area contributed by atoms with E-state index in [1.54, 1.807) is 46.7 Å². The Morgan fingerprint density at radius 2 is 1.90 bits per heavy atom. The van der Waals surface area contributed by atoms with Crippen LogP contribution in [0.5, 0.6) is 0 Å². The van der Waals surface area contributed by atoms with E-state index in [4.69, 9.17) is 4.74 Å². The van der Waals surface area contributed by atoms with Crippen molar-refractivity contribution in [1.29, 1.82) is 0 Å². The number of aromatic nitrogens is 1. The fourth-order valence-electron chi connectivity index (χ4n) is 3.06. The molecule has 0 saturated carbocycles. The van der Waals surface area contributed by atoms with Crippen LogP contribution >= 0.6 is 22.7 Å². The largest absolute Gasteiger partial charge is 0.378 e. The van der Waals surface area contributed by atoms with Gasteiger partial charge in [-0.25, -0.2) is 4.98 Å². The molecule has 3 amide bonds. The number of ether oxygens (including phenoxy) is 1. The first kappa shape index (κ1) is 21.2. The van der Waals surface area contributed by atoms with Crippen LogP contribution in [0, 0.1) is 0 Å². The van der Waals surface area contributed by atoms with E-state index in [9.17, 15) is 14.4 Å². The highest BCUT2D eigenvalue weighted by Crippen LogP contribution is 2.19. The third kappa shape index (κ3) is 5.54. The number of benzene rings is 1. The molecule has 10 heteroatoms. The van der Waals surface area contributed by atoms with Crippen molar-refractivity contribution in [3.05, 3.63) is 63.3 Å². The van der Waals surface area contributed by atoms with Crippen LogP contribution < -0.4 is 10.6 Å². The van der Waals surface area contributed by atoms with E-state index >= 15 is 0 Å². The number of thiophene rings is 1. The number of thiazole rings is 1. The summed E-state index contributed by atoms with van der Waals surface area (Å²) in [4.78, 5) is 43.8. The molecular formula is C21H20N4O4S2. The van der Waals surface area contributed by atoms with Gasteiger partial charge in [-0.2, -0.15) is 0 Å². The highest BCUT2D eigenvalue weighted by atomic mass is 32.1. The number of carbonyl (C=O) groups is 3. The van der Waals surface area contributed by atoms with Crippen molar-refractivity contribution >= 4 is 51.2 Å². The Kier molecular flexibility index (Phi) is 6.70.